The molecule has 0 aromatic heterocycles. The number of amides is 2. The van der Waals surface area contributed by atoms with Crippen molar-refractivity contribution in [2.45, 2.75) is 6.92 Å². The lowest BCUT2D eigenvalue weighted by molar-refractivity contribution is -0.142. The van der Waals surface area contributed by atoms with E-state index in [1.54, 1.807) is 37.3 Å². The molecule has 0 aliphatic heterocycles. The van der Waals surface area contributed by atoms with Crippen LogP contribution in [0.2, 0.25) is 0 Å². The van der Waals surface area contributed by atoms with Crippen LogP contribution < -0.4 is 5.73 Å². The highest BCUT2D eigenvalue weighted by Gasteiger charge is 2.11. The molecular formula is C14H16N2O4. The minimum absolute atomic E-state index is 0.316. The normalized spacial score (nSPS) is 10.4. The number of nitrogens with zero attached hydrogens (tertiary/aromatic N) is 1. The van der Waals surface area contributed by atoms with Crippen LogP contribution in [-0.4, -0.2) is 40.9 Å². The van der Waals surface area contributed by atoms with Gasteiger partial charge in [0.25, 0.3) is 0 Å². The molecule has 0 saturated carbocycles. The van der Waals surface area contributed by atoms with Crippen LogP contribution in [0.3, 0.4) is 0 Å². The number of primary amides is 1. The molecule has 0 fully saturated rings. The Bertz CT molecular complexity index is 535. The molecule has 0 saturated heterocycles. The second-order valence-corrected chi connectivity index (χ2v) is 4.07. The SMILES string of the molecule is CCN(CC(=O)O)C(=O)/C=C/c1ccc(C(N)=O)cc1. The molecule has 6 heteroatoms. The Labute approximate surface area is 116 Å². The van der Waals surface area contributed by atoms with Gasteiger partial charge in [-0.1, -0.05) is 12.1 Å². The van der Waals surface area contributed by atoms with E-state index in [0.29, 0.717) is 12.1 Å². The molecule has 1 aromatic carbocycles. The number of benzene rings is 1. The van der Waals surface area contributed by atoms with E-state index in [9.17, 15) is 14.4 Å². The first kappa shape index (κ1) is 15.4. The van der Waals surface area contributed by atoms with Crippen LogP contribution >= 0.6 is 0 Å². The Morgan fingerprint density at radius 3 is 2.30 bits per heavy atom. The van der Waals surface area contributed by atoms with Gasteiger partial charge in [-0.05, 0) is 30.7 Å². The van der Waals surface area contributed by atoms with Gasteiger partial charge in [0.15, 0.2) is 0 Å². The summed E-state index contributed by atoms with van der Waals surface area (Å²) < 4.78 is 0. The van der Waals surface area contributed by atoms with Crippen LogP contribution in [0, 0.1) is 0 Å². The van der Waals surface area contributed by atoms with Crippen LogP contribution in [0.4, 0.5) is 0 Å². The maximum absolute atomic E-state index is 11.8. The predicted octanol–water partition coefficient (Wildman–Crippen LogP) is 0.732. The summed E-state index contributed by atoms with van der Waals surface area (Å²) in [5.41, 5.74) is 6.22. The van der Waals surface area contributed by atoms with E-state index in [0.717, 1.165) is 5.56 Å². The lowest BCUT2D eigenvalue weighted by Crippen LogP contribution is -2.34. The largest absolute Gasteiger partial charge is 0.480 e. The van der Waals surface area contributed by atoms with E-state index < -0.39 is 11.9 Å². The zero-order chi connectivity index (χ0) is 15.1. The van der Waals surface area contributed by atoms with E-state index in [4.69, 9.17) is 10.8 Å². The predicted molar refractivity (Wildman–Crippen MR) is 73.9 cm³/mol. The number of hydrogen-bond acceptors (Lipinski definition) is 3. The fraction of sp³-hybridized carbons (Fsp3) is 0.214. The molecule has 0 bridgehead atoms. The second kappa shape index (κ2) is 7.08. The van der Waals surface area contributed by atoms with E-state index in [1.807, 2.05) is 0 Å². The Morgan fingerprint density at radius 1 is 1.25 bits per heavy atom. The molecule has 0 heterocycles. The molecule has 0 atom stereocenters. The quantitative estimate of drug-likeness (QED) is 0.748. The molecule has 0 unspecified atom stereocenters. The van der Waals surface area contributed by atoms with Crippen molar-refractivity contribution in [2.24, 2.45) is 5.73 Å². The molecule has 0 aliphatic rings. The molecular weight excluding hydrogens is 260 g/mol. The summed E-state index contributed by atoms with van der Waals surface area (Å²) in [4.78, 5) is 34.4. The lowest BCUT2D eigenvalue weighted by Gasteiger charge is -2.15. The molecule has 0 radical (unpaired) electrons. The van der Waals surface area contributed by atoms with Crippen molar-refractivity contribution in [2.75, 3.05) is 13.1 Å². The summed E-state index contributed by atoms with van der Waals surface area (Å²) in [5.74, 6) is -1.96. The van der Waals surface area contributed by atoms with E-state index in [2.05, 4.69) is 0 Å². The second-order valence-electron chi connectivity index (χ2n) is 4.07. The minimum atomic E-state index is -1.06. The van der Waals surface area contributed by atoms with Crippen LogP contribution in [-0.2, 0) is 9.59 Å². The third-order valence-corrected chi connectivity index (χ3v) is 2.63. The van der Waals surface area contributed by atoms with Gasteiger partial charge < -0.3 is 15.7 Å². The number of nitrogens with two attached hydrogens (primary N) is 1. The van der Waals surface area contributed by atoms with Crippen LogP contribution in [0.5, 0.6) is 0 Å². The molecule has 6 nitrogen and oxygen atoms in total. The summed E-state index contributed by atoms with van der Waals surface area (Å²) in [6.45, 7) is 1.69. The topological polar surface area (TPSA) is 101 Å². The number of carboxylic acid groups (broad SMARTS) is 1. The summed E-state index contributed by atoms with van der Waals surface area (Å²) in [6.07, 6.45) is 2.85. The summed E-state index contributed by atoms with van der Waals surface area (Å²) in [6, 6.07) is 6.41. The first-order chi connectivity index (χ1) is 9.43. The number of rotatable bonds is 6. The minimum Gasteiger partial charge on any atom is -0.480 e. The van der Waals surface area contributed by atoms with Gasteiger partial charge in [-0.15, -0.1) is 0 Å². The Hall–Kier alpha value is -2.63. The zero-order valence-corrected chi connectivity index (χ0v) is 11.1. The highest BCUT2D eigenvalue weighted by Crippen LogP contribution is 2.06. The Kier molecular flexibility index (Phi) is 5.46. The van der Waals surface area contributed by atoms with E-state index in [-0.39, 0.29) is 12.5 Å². The van der Waals surface area contributed by atoms with Crippen molar-refractivity contribution in [3.05, 3.63) is 41.5 Å². The molecule has 106 valence electrons. The monoisotopic (exact) mass is 276 g/mol. The number of hydrogen-bond donors (Lipinski definition) is 2. The van der Waals surface area contributed by atoms with Gasteiger partial charge >= 0.3 is 5.97 Å². The average Bonchev–Trinajstić information content (AvgIpc) is 2.42. The first-order valence-electron chi connectivity index (χ1n) is 6.02. The lowest BCUT2D eigenvalue weighted by atomic mass is 10.1. The third kappa shape index (κ3) is 4.56. The van der Waals surface area contributed by atoms with Crippen molar-refractivity contribution < 1.29 is 19.5 Å². The van der Waals surface area contributed by atoms with Crippen molar-refractivity contribution in [1.82, 2.24) is 4.90 Å². The molecule has 2 amide bonds. The number of carboxylic acids is 1. The van der Waals surface area contributed by atoms with Crippen molar-refractivity contribution >= 4 is 23.9 Å². The highest BCUT2D eigenvalue weighted by molar-refractivity contribution is 5.94. The van der Waals surface area contributed by atoms with Gasteiger partial charge in [0, 0.05) is 18.2 Å². The molecule has 0 aliphatic carbocycles. The summed E-state index contributed by atoms with van der Waals surface area (Å²) in [7, 11) is 0. The summed E-state index contributed by atoms with van der Waals surface area (Å²) in [5, 5.41) is 8.67. The number of aliphatic carboxylic acids is 1. The first-order valence-corrected chi connectivity index (χ1v) is 6.02. The fourth-order valence-electron chi connectivity index (χ4n) is 1.54. The average molecular weight is 276 g/mol. The van der Waals surface area contributed by atoms with Gasteiger partial charge in [0.05, 0.1) is 0 Å². The van der Waals surface area contributed by atoms with Crippen molar-refractivity contribution in [1.29, 1.82) is 0 Å². The van der Waals surface area contributed by atoms with Crippen molar-refractivity contribution in [3.8, 4) is 0 Å². The van der Waals surface area contributed by atoms with Crippen molar-refractivity contribution in [3.63, 3.8) is 0 Å². The molecule has 0 spiro atoms. The van der Waals surface area contributed by atoms with Gasteiger partial charge in [-0.25, -0.2) is 0 Å². The zero-order valence-electron chi connectivity index (χ0n) is 11.1. The standard InChI is InChI=1S/C14H16N2O4/c1-2-16(9-13(18)19)12(17)8-5-10-3-6-11(7-4-10)14(15)20/h3-8H,2,9H2,1H3,(H2,15,20)(H,18,19)/b8-5+. The van der Waals surface area contributed by atoms with Gasteiger partial charge in [0.2, 0.25) is 11.8 Å². The van der Waals surface area contributed by atoms with Gasteiger partial charge in [-0.2, -0.15) is 0 Å². The number of carbonyl (C=O) groups excluding carboxylic acids is 2. The van der Waals surface area contributed by atoms with Gasteiger partial charge in [0.1, 0.15) is 6.54 Å². The van der Waals surface area contributed by atoms with Gasteiger partial charge in [-0.3, -0.25) is 14.4 Å². The number of likely N-dealkylation sites (N-methyl/N-ethyl adjacent to an activating group) is 1. The third-order valence-electron chi connectivity index (χ3n) is 2.63. The van der Waals surface area contributed by atoms with Crippen LogP contribution in [0.25, 0.3) is 6.08 Å². The smallest absolute Gasteiger partial charge is 0.323 e. The van der Waals surface area contributed by atoms with E-state index >= 15 is 0 Å². The maximum atomic E-state index is 11.8. The van der Waals surface area contributed by atoms with Crippen LogP contribution in [0.1, 0.15) is 22.8 Å². The molecule has 20 heavy (non-hydrogen) atoms. The van der Waals surface area contributed by atoms with E-state index in [1.165, 1.54) is 11.0 Å². The Morgan fingerprint density at radius 2 is 1.85 bits per heavy atom. The summed E-state index contributed by atoms with van der Waals surface area (Å²) >= 11 is 0. The molecule has 1 aromatic rings. The Balaban J connectivity index is 2.73. The fourth-order valence-corrected chi connectivity index (χ4v) is 1.54. The van der Waals surface area contributed by atoms with Crippen LogP contribution in [0.15, 0.2) is 30.3 Å². The maximum Gasteiger partial charge on any atom is 0.323 e. The molecule has 3 N–H and O–H groups in total. The highest BCUT2D eigenvalue weighted by atomic mass is 16.4. The number of carbonyl (C=O) groups is 3. The molecule has 1 rings (SSSR count).